The normalized spacial score (nSPS) is 28.1. The summed E-state index contributed by atoms with van der Waals surface area (Å²) in [5.41, 5.74) is 0. The molecule has 0 amide bonds. The van der Waals surface area contributed by atoms with E-state index in [1.54, 1.807) is 0 Å². The van der Waals surface area contributed by atoms with Crippen LogP contribution in [0.2, 0.25) is 0 Å². The first-order valence-electron chi connectivity index (χ1n) is 2.30. The number of halogens is 5. The van der Waals surface area contributed by atoms with Crippen LogP contribution in [0, 0.1) is 5.92 Å². The Morgan fingerprint density at radius 1 is 1.10 bits per heavy atom. The van der Waals surface area contributed by atoms with E-state index in [0.29, 0.717) is 0 Å². The lowest BCUT2D eigenvalue weighted by Crippen LogP contribution is -2.02. The minimum Gasteiger partial charge on any atom is -0.211 e. The van der Waals surface area contributed by atoms with Crippen molar-refractivity contribution >= 4 is 0 Å². The van der Waals surface area contributed by atoms with Gasteiger partial charge in [0.15, 0.2) is 5.92 Å². The van der Waals surface area contributed by atoms with Crippen LogP contribution in [0.1, 0.15) is 0 Å². The molecule has 1 saturated carbocycles. The molecule has 0 aromatic carbocycles. The molecule has 1 aliphatic carbocycles. The van der Waals surface area contributed by atoms with Gasteiger partial charge in [0.2, 0.25) is 0 Å². The Kier molecular flexibility index (Phi) is 1.14. The number of hydrogen-bond donors (Lipinski definition) is 0. The first kappa shape index (κ1) is 7.50. The fourth-order valence-corrected chi connectivity index (χ4v) is 0.632. The summed E-state index contributed by atoms with van der Waals surface area (Å²) in [6.07, 6.45) is 0. The summed E-state index contributed by atoms with van der Waals surface area (Å²) < 4.78 is 58.6. The largest absolute Gasteiger partial charge is 0.330 e. The standard InChI is InChI=1S/C5H2F5/c1-2(6)3-4(7,8)5(3,9)10/h1H2. The lowest BCUT2D eigenvalue weighted by molar-refractivity contribution is -0.0278. The van der Waals surface area contributed by atoms with E-state index in [0.717, 1.165) is 0 Å². The SMILES string of the molecule is C=C(F)[C]1C(F)(F)C1(F)F. The van der Waals surface area contributed by atoms with Crippen LogP contribution in [0.4, 0.5) is 22.0 Å². The maximum atomic E-state index is 11.7. The van der Waals surface area contributed by atoms with Crippen LogP contribution < -0.4 is 0 Å². The van der Waals surface area contributed by atoms with E-state index in [-0.39, 0.29) is 0 Å². The molecule has 57 valence electrons. The summed E-state index contributed by atoms with van der Waals surface area (Å²) in [5.74, 6) is -12.1. The van der Waals surface area contributed by atoms with Gasteiger partial charge in [-0.05, 0) is 0 Å². The minimum absolute atomic E-state index is 1.74. The zero-order valence-corrected chi connectivity index (χ0v) is 4.60. The Labute approximate surface area is 53.3 Å². The predicted octanol–water partition coefficient (Wildman–Crippen LogP) is 2.33. The van der Waals surface area contributed by atoms with Gasteiger partial charge in [0.25, 0.3) is 0 Å². The molecule has 0 heterocycles. The number of alkyl halides is 4. The van der Waals surface area contributed by atoms with E-state index in [1.165, 1.54) is 0 Å². The van der Waals surface area contributed by atoms with Gasteiger partial charge >= 0.3 is 11.8 Å². The number of allylic oxidation sites excluding steroid dienone is 1. The third-order valence-electron chi connectivity index (χ3n) is 1.23. The second-order valence-corrected chi connectivity index (χ2v) is 1.93. The van der Waals surface area contributed by atoms with Gasteiger partial charge in [-0.1, -0.05) is 6.58 Å². The highest BCUT2D eigenvalue weighted by molar-refractivity contribution is 5.48. The third-order valence-corrected chi connectivity index (χ3v) is 1.23. The molecule has 0 aromatic rings. The number of hydrogen-bond acceptors (Lipinski definition) is 0. The molecule has 0 unspecified atom stereocenters. The first-order valence-corrected chi connectivity index (χ1v) is 2.30. The van der Waals surface area contributed by atoms with Gasteiger partial charge < -0.3 is 0 Å². The topological polar surface area (TPSA) is 0 Å². The highest BCUT2D eigenvalue weighted by Crippen LogP contribution is 2.67. The highest BCUT2D eigenvalue weighted by atomic mass is 19.3. The van der Waals surface area contributed by atoms with Gasteiger partial charge in [-0.3, -0.25) is 0 Å². The molecule has 0 bridgehead atoms. The molecule has 1 rings (SSSR count). The van der Waals surface area contributed by atoms with Crippen molar-refractivity contribution in [2.24, 2.45) is 0 Å². The number of rotatable bonds is 1. The van der Waals surface area contributed by atoms with Crippen LogP contribution in [0.3, 0.4) is 0 Å². The van der Waals surface area contributed by atoms with Gasteiger partial charge in [-0.15, -0.1) is 0 Å². The van der Waals surface area contributed by atoms with Gasteiger partial charge in [0, 0.05) is 0 Å². The zero-order chi connectivity index (χ0) is 8.15. The average Bonchev–Trinajstić information content (AvgIpc) is 1.97. The van der Waals surface area contributed by atoms with Crippen molar-refractivity contribution in [2.45, 2.75) is 11.8 Å². The van der Waals surface area contributed by atoms with Crippen LogP contribution >= 0.6 is 0 Å². The van der Waals surface area contributed by atoms with E-state index in [9.17, 15) is 22.0 Å². The van der Waals surface area contributed by atoms with Crippen molar-refractivity contribution in [2.75, 3.05) is 0 Å². The van der Waals surface area contributed by atoms with Crippen molar-refractivity contribution < 1.29 is 22.0 Å². The van der Waals surface area contributed by atoms with Gasteiger partial charge in [0.05, 0.1) is 0 Å². The molecule has 0 atom stereocenters. The zero-order valence-electron chi connectivity index (χ0n) is 4.60. The van der Waals surface area contributed by atoms with Crippen LogP contribution in [-0.2, 0) is 0 Å². The van der Waals surface area contributed by atoms with Crippen LogP contribution in [0.25, 0.3) is 0 Å². The van der Waals surface area contributed by atoms with Crippen molar-refractivity contribution in [1.29, 1.82) is 0 Å². The second kappa shape index (κ2) is 1.52. The fraction of sp³-hybridized carbons (Fsp3) is 0.400. The van der Waals surface area contributed by atoms with E-state index in [2.05, 4.69) is 6.58 Å². The first-order chi connectivity index (χ1) is 4.32. The van der Waals surface area contributed by atoms with E-state index >= 15 is 0 Å². The molecular weight excluding hydrogens is 155 g/mol. The maximum Gasteiger partial charge on any atom is 0.330 e. The Morgan fingerprint density at radius 2 is 1.40 bits per heavy atom. The Balaban J connectivity index is 2.81. The van der Waals surface area contributed by atoms with Gasteiger partial charge in [-0.2, -0.15) is 17.6 Å². The summed E-state index contributed by atoms with van der Waals surface area (Å²) in [5, 5.41) is 0. The molecule has 1 fully saturated rings. The summed E-state index contributed by atoms with van der Waals surface area (Å²) in [4.78, 5) is 0. The summed E-state index contributed by atoms with van der Waals surface area (Å²) in [6, 6.07) is 0. The lowest BCUT2D eigenvalue weighted by Gasteiger charge is -1.87. The van der Waals surface area contributed by atoms with Crippen molar-refractivity contribution in [1.82, 2.24) is 0 Å². The minimum atomic E-state index is -4.31. The summed E-state index contributed by atoms with van der Waals surface area (Å²) in [7, 11) is 0. The molecule has 0 spiro atoms. The summed E-state index contributed by atoms with van der Waals surface area (Å²) in [6.45, 7) is 2.34. The molecule has 0 saturated heterocycles. The molecule has 5 heteroatoms. The monoisotopic (exact) mass is 157 g/mol. The lowest BCUT2D eigenvalue weighted by atomic mass is 10.4. The maximum absolute atomic E-state index is 11.7. The van der Waals surface area contributed by atoms with Crippen LogP contribution in [0.5, 0.6) is 0 Å². The van der Waals surface area contributed by atoms with Gasteiger partial charge in [0.1, 0.15) is 5.83 Å². The molecular formula is C5H2F5. The van der Waals surface area contributed by atoms with E-state index < -0.39 is 23.6 Å². The fourth-order valence-electron chi connectivity index (χ4n) is 0.632. The van der Waals surface area contributed by atoms with Crippen LogP contribution in [0.15, 0.2) is 12.4 Å². The van der Waals surface area contributed by atoms with E-state index in [4.69, 9.17) is 0 Å². The van der Waals surface area contributed by atoms with E-state index in [1.807, 2.05) is 0 Å². The van der Waals surface area contributed by atoms with Gasteiger partial charge in [-0.25, -0.2) is 4.39 Å². The third kappa shape index (κ3) is 0.602. The Morgan fingerprint density at radius 3 is 1.40 bits per heavy atom. The highest BCUT2D eigenvalue weighted by Gasteiger charge is 2.88. The quantitative estimate of drug-likeness (QED) is 0.512. The molecule has 0 aliphatic heterocycles. The molecule has 1 aliphatic rings. The van der Waals surface area contributed by atoms with Crippen molar-refractivity contribution in [3.05, 3.63) is 18.3 Å². The Hall–Kier alpha value is -0.610. The smallest absolute Gasteiger partial charge is 0.211 e. The molecule has 0 aromatic heterocycles. The Bertz CT molecular complexity index is 168. The van der Waals surface area contributed by atoms with Crippen molar-refractivity contribution in [3.8, 4) is 0 Å². The predicted molar refractivity (Wildman–Crippen MR) is 23.4 cm³/mol. The molecule has 10 heavy (non-hydrogen) atoms. The molecule has 0 nitrogen and oxygen atoms in total. The van der Waals surface area contributed by atoms with Crippen molar-refractivity contribution in [3.63, 3.8) is 0 Å². The second-order valence-electron chi connectivity index (χ2n) is 1.93. The van der Waals surface area contributed by atoms with Crippen LogP contribution in [-0.4, -0.2) is 11.8 Å². The molecule has 0 N–H and O–H groups in total. The average molecular weight is 157 g/mol. The molecule has 1 radical (unpaired) electrons. The summed E-state index contributed by atoms with van der Waals surface area (Å²) >= 11 is 0.